The molecule has 0 atom stereocenters. The molecule has 0 bridgehead atoms. The van der Waals surface area contributed by atoms with Crippen LogP contribution in [0.1, 0.15) is 5.56 Å². The van der Waals surface area contributed by atoms with Gasteiger partial charge in [0.1, 0.15) is 6.54 Å². The van der Waals surface area contributed by atoms with Gasteiger partial charge in [0.05, 0.1) is 11.9 Å². The summed E-state index contributed by atoms with van der Waals surface area (Å²) >= 11 is 5.89. The standard InChI is InChI=1S/C15H16ClN3O3S/c1-23(21,22)19(14-6-2-5-13(16)8-14)11-15(20)18-10-12-4-3-7-17-9-12/h2-9H,10-11H2,1H3,(H,18,20). The number of benzene rings is 1. The number of aromatic nitrogens is 1. The highest BCUT2D eigenvalue weighted by molar-refractivity contribution is 7.92. The summed E-state index contributed by atoms with van der Waals surface area (Å²) in [6.45, 7) is -0.0424. The Morgan fingerprint density at radius 2 is 2.09 bits per heavy atom. The van der Waals surface area contributed by atoms with E-state index < -0.39 is 15.9 Å². The zero-order valence-electron chi connectivity index (χ0n) is 12.4. The fourth-order valence-electron chi connectivity index (χ4n) is 1.92. The zero-order valence-corrected chi connectivity index (χ0v) is 14.0. The van der Waals surface area contributed by atoms with Gasteiger partial charge in [0.2, 0.25) is 15.9 Å². The fourth-order valence-corrected chi connectivity index (χ4v) is 2.95. The van der Waals surface area contributed by atoms with Gasteiger partial charge in [-0.25, -0.2) is 8.42 Å². The van der Waals surface area contributed by atoms with Crippen LogP contribution in [-0.2, 0) is 21.4 Å². The molecule has 0 spiro atoms. The maximum Gasteiger partial charge on any atom is 0.241 e. The van der Waals surface area contributed by atoms with Crippen LogP contribution in [0, 0.1) is 0 Å². The third-order valence-corrected chi connectivity index (χ3v) is 4.37. The summed E-state index contributed by atoms with van der Waals surface area (Å²) in [5.74, 6) is -0.417. The molecule has 0 aliphatic heterocycles. The predicted molar refractivity (Wildman–Crippen MR) is 89.7 cm³/mol. The SMILES string of the molecule is CS(=O)(=O)N(CC(=O)NCc1cccnc1)c1cccc(Cl)c1. The molecule has 1 amide bonds. The van der Waals surface area contributed by atoms with E-state index in [2.05, 4.69) is 10.3 Å². The first-order chi connectivity index (χ1) is 10.9. The number of sulfonamides is 1. The molecular formula is C15H16ClN3O3S. The molecule has 8 heteroatoms. The zero-order chi connectivity index (χ0) is 16.9. The number of nitrogens with zero attached hydrogens (tertiary/aromatic N) is 2. The molecule has 0 fully saturated rings. The van der Waals surface area contributed by atoms with Crippen LogP contribution in [0.5, 0.6) is 0 Å². The molecule has 0 unspecified atom stereocenters. The van der Waals surface area contributed by atoms with Crippen molar-refractivity contribution in [1.29, 1.82) is 0 Å². The van der Waals surface area contributed by atoms with Crippen LogP contribution >= 0.6 is 11.6 Å². The number of carbonyl (C=O) groups is 1. The van der Waals surface area contributed by atoms with Gasteiger partial charge in [-0.15, -0.1) is 0 Å². The summed E-state index contributed by atoms with van der Waals surface area (Å²) in [4.78, 5) is 16.0. The quantitative estimate of drug-likeness (QED) is 0.859. The van der Waals surface area contributed by atoms with Crippen LogP contribution in [0.4, 0.5) is 5.69 Å². The lowest BCUT2D eigenvalue weighted by Gasteiger charge is -2.22. The number of rotatable bonds is 6. The van der Waals surface area contributed by atoms with Crippen LogP contribution in [0.3, 0.4) is 0 Å². The number of carbonyl (C=O) groups excluding carboxylic acids is 1. The molecule has 6 nitrogen and oxygen atoms in total. The van der Waals surface area contributed by atoms with Gasteiger partial charge >= 0.3 is 0 Å². The van der Waals surface area contributed by atoms with E-state index in [-0.39, 0.29) is 13.1 Å². The van der Waals surface area contributed by atoms with E-state index >= 15 is 0 Å². The van der Waals surface area contributed by atoms with Crippen molar-refractivity contribution in [2.75, 3.05) is 17.1 Å². The minimum Gasteiger partial charge on any atom is -0.350 e. The van der Waals surface area contributed by atoms with E-state index in [4.69, 9.17) is 11.6 Å². The van der Waals surface area contributed by atoms with Crippen molar-refractivity contribution < 1.29 is 13.2 Å². The summed E-state index contributed by atoms with van der Waals surface area (Å²) < 4.78 is 24.9. The number of amides is 1. The molecule has 0 saturated heterocycles. The highest BCUT2D eigenvalue weighted by Gasteiger charge is 2.20. The van der Waals surface area contributed by atoms with Gasteiger partial charge in [0, 0.05) is 24.0 Å². The van der Waals surface area contributed by atoms with E-state index in [0.29, 0.717) is 10.7 Å². The summed E-state index contributed by atoms with van der Waals surface area (Å²) in [7, 11) is -3.61. The average Bonchev–Trinajstić information content (AvgIpc) is 2.50. The topological polar surface area (TPSA) is 79.4 Å². The highest BCUT2D eigenvalue weighted by Crippen LogP contribution is 2.21. The van der Waals surface area contributed by atoms with Gasteiger partial charge in [-0.3, -0.25) is 14.1 Å². The van der Waals surface area contributed by atoms with Gasteiger partial charge in [-0.05, 0) is 29.8 Å². The average molecular weight is 354 g/mol. The van der Waals surface area contributed by atoms with Gasteiger partial charge in [-0.2, -0.15) is 0 Å². The van der Waals surface area contributed by atoms with Crippen molar-refractivity contribution in [2.24, 2.45) is 0 Å². The molecule has 2 rings (SSSR count). The van der Waals surface area contributed by atoms with Gasteiger partial charge in [0.25, 0.3) is 0 Å². The second kappa shape index (κ2) is 7.43. The minimum atomic E-state index is -3.61. The summed E-state index contributed by atoms with van der Waals surface area (Å²) in [6.07, 6.45) is 4.31. The number of anilines is 1. The Labute approximate surface area is 140 Å². The Hall–Kier alpha value is -2.12. The lowest BCUT2D eigenvalue weighted by Crippen LogP contribution is -2.40. The molecule has 1 heterocycles. The highest BCUT2D eigenvalue weighted by atomic mass is 35.5. The van der Waals surface area contributed by atoms with Crippen LogP contribution in [0.2, 0.25) is 5.02 Å². The molecule has 0 aliphatic rings. The molecule has 23 heavy (non-hydrogen) atoms. The molecule has 1 aromatic heterocycles. The Bertz CT molecular complexity index is 782. The monoisotopic (exact) mass is 353 g/mol. The Kier molecular flexibility index (Phi) is 5.57. The van der Waals surface area contributed by atoms with Crippen molar-refractivity contribution in [1.82, 2.24) is 10.3 Å². The smallest absolute Gasteiger partial charge is 0.241 e. The maximum absolute atomic E-state index is 12.1. The number of hydrogen-bond donors (Lipinski definition) is 1. The van der Waals surface area contributed by atoms with Crippen LogP contribution in [-0.4, -0.2) is 32.1 Å². The maximum atomic E-state index is 12.1. The molecule has 1 N–H and O–H groups in total. The third-order valence-electron chi connectivity index (χ3n) is 3.00. The van der Waals surface area contributed by atoms with Gasteiger partial charge < -0.3 is 5.32 Å². The molecular weight excluding hydrogens is 338 g/mol. The first-order valence-electron chi connectivity index (χ1n) is 6.75. The third kappa shape index (κ3) is 5.22. The van der Waals surface area contributed by atoms with Crippen LogP contribution < -0.4 is 9.62 Å². The molecule has 0 aliphatic carbocycles. The lowest BCUT2D eigenvalue weighted by molar-refractivity contribution is -0.119. The fraction of sp³-hybridized carbons (Fsp3) is 0.200. The number of halogens is 1. The van der Waals surface area contributed by atoms with Gasteiger partial charge in [0.15, 0.2) is 0 Å². The second-order valence-corrected chi connectivity index (χ2v) is 7.23. The Morgan fingerprint density at radius 3 is 2.70 bits per heavy atom. The first kappa shape index (κ1) is 17.2. The second-order valence-electron chi connectivity index (χ2n) is 4.89. The molecule has 2 aromatic rings. The van der Waals surface area contributed by atoms with E-state index in [9.17, 15) is 13.2 Å². The summed E-state index contributed by atoms with van der Waals surface area (Å²) in [5.41, 5.74) is 1.17. The largest absolute Gasteiger partial charge is 0.350 e. The minimum absolute atomic E-state index is 0.278. The van der Waals surface area contributed by atoms with E-state index in [1.807, 2.05) is 6.07 Å². The molecule has 1 aromatic carbocycles. The molecule has 122 valence electrons. The molecule has 0 radical (unpaired) electrons. The van der Waals surface area contributed by atoms with Crippen molar-refractivity contribution in [3.63, 3.8) is 0 Å². The predicted octanol–water partition coefficient (Wildman–Crippen LogP) is 1.82. The number of hydrogen-bond acceptors (Lipinski definition) is 4. The number of pyridine rings is 1. The Morgan fingerprint density at radius 1 is 1.30 bits per heavy atom. The van der Waals surface area contributed by atoms with E-state index in [1.54, 1.807) is 36.7 Å². The number of nitrogens with one attached hydrogen (secondary N) is 1. The lowest BCUT2D eigenvalue weighted by atomic mass is 10.3. The van der Waals surface area contributed by atoms with E-state index in [0.717, 1.165) is 16.1 Å². The van der Waals surface area contributed by atoms with Crippen molar-refractivity contribution in [3.05, 3.63) is 59.4 Å². The van der Waals surface area contributed by atoms with Crippen molar-refractivity contribution >= 4 is 33.2 Å². The van der Waals surface area contributed by atoms with E-state index in [1.165, 1.54) is 6.07 Å². The first-order valence-corrected chi connectivity index (χ1v) is 8.98. The van der Waals surface area contributed by atoms with Crippen molar-refractivity contribution in [3.8, 4) is 0 Å². The normalized spacial score (nSPS) is 11.0. The van der Waals surface area contributed by atoms with Crippen LogP contribution in [0.15, 0.2) is 48.8 Å². The summed E-state index contributed by atoms with van der Waals surface area (Å²) in [6, 6.07) is 9.92. The van der Waals surface area contributed by atoms with Crippen molar-refractivity contribution in [2.45, 2.75) is 6.54 Å². The molecule has 0 saturated carbocycles. The van der Waals surface area contributed by atoms with Gasteiger partial charge in [-0.1, -0.05) is 23.7 Å². The summed E-state index contributed by atoms with van der Waals surface area (Å²) in [5, 5.41) is 3.06. The van der Waals surface area contributed by atoms with Crippen LogP contribution in [0.25, 0.3) is 0 Å². The Balaban J connectivity index is 2.08.